The normalized spacial score (nSPS) is 13.2. The van der Waals surface area contributed by atoms with Crippen LogP contribution in [0.2, 0.25) is 0 Å². The van der Waals surface area contributed by atoms with Crippen molar-refractivity contribution in [3.63, 3.8) is 0 Å². The van der Waals surface area contributed by atoms with E-state index in [0.29, 0.717) is 11.0 Å². The molecule has 0 amide bonds. The minimum absolute atomic E-state index is 0.257. The fourth-order valence-electron chi connectivity index (χ4n) is 2.15. The lowest BCUT2D eigenvalue weighted by Gasteiger charge is -2.31. The summed E-state index contributed by atoms with van der Waals surface area (Å²) in [5.74, 6) is -1.60. The summed E-state index contributed by atoms with van der Waals surface area (Å²) in [5.41, 5.74) is -2.76. The molecule has 0 heterocycles. The number of anilines is 1. The van der Waals surface area contributed by atoms with Crippen LogP contribution >= 0.6 is 0 Å². The summed E-state index contributed by atoms with van der Waals surface area (Å²) in [6.07, 6.45) is -10.0. The maximum Gasteiger partial charge on any atom is 0.417 e. The first kappa shape index (κ1) is 19.6. The van der Waals surface area contributed by atoms with Crippen LogP contribution in [0.5, 0.6) is 0 Å². The number of nitriles is 1. The van der Waals surface area contributed by atoms with Crippen molar-refractivity contribution >= 4 is 11.7 Å². The van der Waals surface area contributed by atoms with E-state index in [1.54, 1.807) is 0 Å². The number of carboxylic acids is 1. The Morgan fingerprint density at radius 3 is 2.25 bits per heavy atom. The number of aliphatic carboxylic acids is 1. The zero-order chi connectivity index (χ0) is 18.7. The van der Waals surface area contributed by atoms with Crippen LogP contribution in [-0.2, 0) is 11.0 Å². The molecule has 0 bridgehead atoms. The second-order valence-corrected chi connectivity index (χ2v) is 4.84. The quantitative estimate of drug-likeness (QED) is 0.817. The van der Waals surface area contributed by atoms with Gasteiger partial charge in [-0.15, -0.1) is 0 Å². The molecule has 0 aliphatic rings. The lowest BCUT2D eigenvalue weighted by Crippen LogP contribution is -2.46. The Labute approximate surface area is 132 Å². The van der Waals surface area contributed by atoms with Crippen LogP contribution in [0.1, 0.15) is 24.5 Å². The van der Waals surface area contributed by atoms with Gasteiger partial charge in [-0.05, 0) is 24.6 Å². The number of carbonyl (C=O) groups is 1. The first-order valence-electron chi connectivity index (χ1n) is 6.58. The molecule has 1 N–H and O–H groups in total. The third-order valence-electron chi connectivity index (χ3n) is 3.16. The van der Waals surface area contributed by atoms with Gasteiger partial charge < -0.3 is 10.0 Å². The fourth-order valence-corrected chi connectivity index (χ4v) is 2.15. The monoisotopic (exact) mass is 354 g/mol. The molecular weight excluding hydrogens is 342 g/mol. The van der Waals surface area contributed by atoms with Crippen molar-refractivity contribution in [1.82, 2.24) is 0 Å². The van der Waals surface area contributed by atoms with Gasteiger partial charge in [-0.3, -0.25) is 0 Å². The van der Waals surface area contributed by atoms with E-state index in [9.17, 15) is 31.1 Å². The highest BCUT2D eigenvalue weighted by molar-refractivity contribution is 5.78. The van der Waals surface area contributed by atoms with E-state index in [0.717, 1.165) is 12.1 Å². The number of rotatable bonds is 5. The molecule has 1 aromatic rings. The average molecular weight is 354 g/mol. The predicted molar refractivity (Wildman–Crippen MR) is 71.3 cm³/mol. The van der Waals surface area contributed by atoms with Crippen LogP contribution in [0.15, 0.2) is 18.2 Å². The zero-order valence-corrected chi connectivity index (χ0v) is 12.2. The third kappa shape index (κ3) is 4.78. The second-order valence-electron chi connectivity index (χ2n) is 4.84. The highest BCUT2D eigenvalue weighted by Gasteiger charge is 2.38. The Morgan fingerprint density at radius 2 is 1.88 bits per heavy atom. The summed E-state index contributed by atoms with van der Waals surface area (Å²) in [6.45, 7) is -0.433. The first-order valence-corrected chi connectivity index (χ1v) is 6.58. The summed E-state index contributed by atoms with van der Waals surface area (Å²) in [6, 6.07) is 1.58. The molecule has 0 fully saturated rings. The van der Waals surface area contributed by atoms with Crippen LogP contribution in [0.25, 0.3) is 0 Å². The Balaban J connectivity index is 3.48. The Bertz CT molecular complexity index is 648. The number of carboxylic acid groups (broad SMARTS) is 1. The summed E-state index contributed by atoms with van der Waals surface area (Å²) < 4.78 is 77.0. The number of halogens is 6. The zero-order valence-electron chi connectivity index (χ0n) is 12.2. The molecule has 0 aliphatic heterocycles. The molecule has 0 aliphatic carbocycles. The molecule has 0 spiro atoms. The lowest BCUT2D eigenvalue weighted by atomic mass is 10.0. The number of hydrogen-bond acceptors (Lipinski definition) is 3. The van der Waals surface area contributed by atoms with Gasteiger partial charge in [-0.1, -0.05) is 6.92 Å². The van der Waals surface area contributed by atoms with Crippen molar-refractivity contribution in [3.05, 3.63) is 29.3 Å². The molecule has 0 saturated heterocycles. The molecule has 10 heteroatoms. The summed E-state index contributed by atoms with van der Waals surface area (Å²) in [5, 5.41) is 17.8. The van der Waals surface area contributed by atoms with Crippen LogP contribution in [-0.4, -0.2) is 29.8 Å². The van der Waals surface area contributed by atoms with Crippen molar-refractivity contribution in [2.45, 2.75) is 31.7 Å². The Hall–Kier alpha value is -2.44. The minimum atomic E-state index is -4.96. The molecule has 1 aromatic carbocycles. The number of hydrogen-bond donors (Lipinski definition) is 1. The SMILES string of the molecule is CCC(C(=O)O)N(CC(F)(F)F)c1ccc(C#N)c(C(F)(F)F)c1. The van der Waals surface area contributed by atoms with E-state index >= 15 is 0 Å². The van der Waals surface area contributed by atoms with Crippen molar-refractivity contribution in [2.75, 3.05) is 11.4 Å². The van der Waals surface area contributed by atoms with Crippen LogP contribution in [0.3, 0.4) is 0 Å². The summed E-state index contributed by atoms with van der Waals surface area (Å²) in [4.78, 5) is 11.5. The average Bonchev–Trinajstić information content (AvgIpc) is 2.43. The van der Waals surface area contributed by atoms with Gasteiger partial charge >= 0.3 is 18.3 Å². The van der Waals surface area contributed by atoms with E-state index in [2.05, 4.69) is 0 Å². The molecule has 132 valence electrons. The van der Waals surface area contributed by atoms with Gasteiger partial charge in [-0.2, -0.15) is 31.6 Å². The van der Waals surface area contributed by atoms with Gasteiger partial charge in [-0.25, -0.2) is 4.79 Å². The largest absolute Gasteiger partial charge is 0.480 e. The fraction of sp³-hybridized carbons (Fsp3) is 0.429. The van der Waals surface area contributed by atoms with Gasteiger partial charge in [0.1, 0.15) is 12.6 Å². The van der Waals surface area contributed by atoms with Gasteiger partial charge in [0.15, 0.2) is 0 Å². The molecule has 24 heavy (non-hydrogen) atoms. The molecule has 0 saturated carbocycles. The van der Waals surface area contributed by atoms with Gasteiger partial charge in [0, 0.05) is 5.69 Å². The van der Waals surface area contributed by atoms with Crippen LogP contribution in [0, 0.1) is 11.3 Å². The van der Waals surface area contributed by atoms with Crippen LogP contribution in [0.4, 0.5) is 32.0 Å². The smallest absolute Gasteiger partial charge is 0.417 e. The number of nitrogens with zero attached hydrogens (tertiary/aromatic N) is 2. The van der Waals surface area contributed by atoms with E-state index in [1.165, 1.54) is 13.0 Å². The molecule has 1 unspecified atom stereocenters. The van der Waals surface area contributed by atoms with E-state index < -0.39 is 47.7 Å². The molecule has 1 rings (SSSR count). The minimum Gasteiger partial charge on any atom is -0.480 e. The number of alkyl halides is 6. The lowest BCUT2D eigenvalue weighted by molar-refractivity contribution is -0.140. The Morgan fingerprint density at radius 1 is 1.29 bits per heavy atom. The number of benzene rings is 1. The van der Waals surface area contributed by atoms with Crippen molar-refractivity contribution in [2.24, 2.45) is 0 Å². The predicted octanol–water partition coefficient (Wildman–Crippen LogP) is 3.81. The first-order chi connectivity index (χ1) is 10.9. The van der Waals surface area contributed by atoms with E-state index in [-0.39, 0.29) is 6.42 Å². The van der Waals surface area contributed by atoms with Gasteiger partial charge in [0.25, 0.3) is 0 Å². The molecule has 1 atom stereocenters. The second kappa shape index (κ2) is 6.98. The van der Waals surface area contributed by atoms with Crippen molar-refractivity contribution < 1.29 is 36.2 Å². The third-order valence-corrected chi connectivity index (χ3v) is 3.16. The Kier molecular flexibility index (Phi) is 5.71. The highest BCUT2D eigenvalue weighted by Crippen LogP contribution is 2.35. The molecular formula is C14H12F6N2O2. The topological polar surface area (TPSA) is 64.3 Å². The van der Waals surface area contributed by atoms with Crippen LogP contribution < -0.4 is 4.90 Å². The summed E-state index contributed by atoms with van der Waals surface area (Å²) in [7, 11) is 0. The maximum atomic E-state index is 13.0. The van der Waals surface area contributed by atoms with E-state index in [1.807, 2.05) is 0 Å². The molecule has 4 nitrogen and oxygen atoms in total. The van der Waals surface area contributed by atoms with E-state index in [4.69, 9.17) is 10.4 Å². The van der Waals surface area contributed by atoms with Gasteiger partial charge in [0.05, 0.1) is 17.2 Å². The standard InChI is InChI=1S/C14H12F6N2O2/c1-2-11(12(23)24)22(7-13(15,16)17)9-4-3-8(6-21)10(5-9)14(18,19)20/h3-5,11H,2,7H2,1H3,(H,23,24). The van der Waals surface area contributed by atoms with Crippen molar-refractivity contribution in [3.8, 4) is 6.07 Å². The molecule has 0 aromatic heterocycles. The highest BCUT2D eigenvalue weighted by atomic mass is 19.4. The molecule has 0 radical (unpaired) electrons. The van der Waals surface area contributed by atoms with Crippen molar-refractivity contribution in [1.29, 1.82) is 5.26 Å². The summed E-state index contributed by atoms with van der Waals surface area (Å²) >= 11 is 0. The maximum absolute atomic E-state index is 13.0. The van der Waals surface area contributed by atoms with Gasteiger partial charge in [0.2, 0.25) is 0 Å².